The van der Waals surface area contributed by atoms with Gasteiger partial charge in [-0.2, -0.15) is 0 Å². The van der Waals surface area contributed by atoms with Crippen molar-refractivity contribution in [3.8, 4) is 0 Å². The second-order valence-electron chi connectivity index (χ2n) is 5.30. The molecule has 0 fully saturated rings. The van der Waals surface area contributed by atoms with Gasteiger partial charge in [0.25, 0.3) is 0 Å². The van der Waals surface area contributed by atoms with E-state index < -0.39 is 0 Å². The molecule has 5 nitrogen and oxygen atoms in total. The van der Waals surface area contributed by atoms with E-state index in [1.807, 2.05) is 13.8 Å². The van der Waals surface area contributed by atoms with Crippen LogP contribution >= 0.6 is 24.0 Å². The lowest BCUT2D eigenvalue weighted by atomic mass is 10.1. The van der Waals surface area contributed by atoms with E-state index in [0.717, 1.165) is 49.9 Å². The van der Waals surface area contributed by atoms with Crippen LogP contribution in [-0.4, -0.2) is 30.8 Å². The number of hydrogen-bond donors (Lipinski definition) is 2. The van der Waals surface area contributed by atoms with Crippen molar-refractivity contribution in [1.29, 1.82) is 0 Å². The lowest BCUT2D eigenvalue weighted by Crippen LogP contribution is -2.38. The Bertz CT molecular complexity index is 412. The Labute approximate surface area is 151 Å². The molecule has 0 saturated heterocycles. The number of aryl methyl sites for hydroxylation is 2. The molecule has 6 heteroatoms. The monoisotopic (exact) mass is 422 g/mol. The van der Waals surface area contributed by atoms with Crippen LogP contribution in [0.3, 0.4) is 0 Å². The maximum atomic E-state index is 5.18. The van der Waals surface area contributed by atoms with E-state index in [1.54, 1.807) is 0 Å². The Balaban J connectivity index is 0.00000441. The molecule has 1 rings (SSSR count). The summed E-state index contributed by atoms with van der Waals surface area (Å²) in [6.45, 7) is 10.9. The van der Waals surface area contributed by atoms with Gasteiger partial charge in [0.15, 0.2) is 5.96 Å². The van der Waals surface area contributed by atoms with Crippen LogP contribution in [0.25, 0.3) is 0 Å². The Morgan fingerprint density at radius 2 is 1.91 bits per heavy atom. The summed E-state index contributed by atoms with van der Waals surface area (Å²) in [7, 11) is 0. The van der Waals surface area contributed by atoms with Gasteiger partial charge >= 0.3 is 0 Å². The molecule has 128 valence electrons. The van der Waals surface area contributed by atoms with Gasteiger partial charge in [0.05, 0.1) is 5.69 Å². The van der Waals surface area contributed by atoms with Crippen LogP contribution in [0.1, 0.15) is 56.5 Å². The zero-order valence-corrected chi connectivity index (χ0v) is 16.7. The average molecular weight is 422 g/mol. The van der Waals surface area contributed by atoms with E-state index in [-0.39, 0.29) is 24.0 Å². The van der Waals surface area contributed by atoms with Crippen LogP contribution in [0.2, 0.25) is 0 Å². The highest BCUT2D eigenvalue weighted by Crippen LogP contribution is 2.11. The zero-order chi connectivity index (χ0) is 15.5. The molecule has 0 aromatic carbocycles. The third kappa shape index (κ3) is 8.00. The van der Waals surface area contributed by atoms with E-state index in [4.69, 9.17) is 4.52 Å². The molecule has 0 aliphatic rings. The van der Waals surface area contributed by atoms with Crippen molar-refractivity contribution >= 4 is 29.9 Å². The molecule has 0 spiro atoms. The van der Waals surface area contributed by atoms with Crippen molar-refractivity contribution in [3.05, 3.63) is 17.0 Å². The number of nitrogens with zero attached hydrogens (tertiary/aromatic N) is 2. The largest absolute Gasteiger partial charge is 0.361 e. The third-order valence-corrected chi connectivity index (χ3v) is 3.47. The van der Waals surface area contributed by atoms with Gasteiger partial charge in [-0.1, -0.05) is 31.3 Å². The van der Waals surface area contributed by atoms with E-state index in [2.05, 4.69) is 34.6 Å². The van der Waals surface area contributed by atoms with E-state index in [9.17, 15) is 0 Å². The van der Waals surface area contributed by atoms with Gasteiger partial charge < -0.3 is 15.2 Å². The van der Waals surface area contributed by atoms with E-state index in [0.29, 0.717) is 0 Å². The summed E-state index contributed by atoms with van der Waals surface area (Å²) >= 11 is 0. The van der Waals surface area contributed by atoms with Gasteiger partial charge in [-0.15, -0.1) is 24.0 Å². The Morgan fingerprint density at radius 1 is 1.14 bits per heavy atom. The van der Waals surface area contributed by atoms with Gasteiger partial charge in [-0.05, 0) is 33.6 Å². The van der Waals surface area contributed by atoms with Crippen molar-refractivity contribution < 1.29 is 4.52 Å². The second-order valence-corrected chi connectivity index (χ2v) is 5.30. The van der Waals surface area contributed by atoms with Crippen molar-refractivity contribution in [1.82, 2.24) is 15.8 Å². The van der Waals surface area contributed by atoms with Crippen molar-refractivity contribution in [2.75, 3.05) is 19.6 Å². The van der Waals surface area contributed by atoms with Gasteiger partial charge in [-0.3, -0.25) is 4.99 Å². The lowest BCUT2D eigenvalue weighted by Gasteiger charge is -2.11. The number of unbranched alkanes of at least 4 members (excludes halogenated alkanes) is 3. The Hall–Kier alpha value is -0.790. The summed E-state index contributed by atoms with van der Waals surface area (Å²) in [5.41, 5.74) is 2.18. The molecule has 0 unspecified atom stereocenters. The van der Waals surface area contributed by atoms with Gasteiger partial charge in [-0.25, -0.2) is 0 Å². The summed E-state index contributed by atoms with van der Waals surface area (Å²) in [6.07, 6.45) is 5.89. The van der Waals surface area contributed by atoms with Crippen molar-refractivity contribution in [2.45, 2.75) is 59.8 Å². The molecule has 0 saturated carbocycles. The average Bonchev–Trinajstić information content (AvgIpc) is 2.78. The van der Waals surface area contributed by atoms with Crippen LogP contribution in [0.5, 0.6) is 0 Å². The van der Waals surface area contributed by atoms with Gasteiger partial charge in [0.1, 0.15) is 5.76 Å². The number of guanidine groups is 1. The molecule has 0 bridgehead atoms. The standard InChI is InChI=1S/C16H30N4O.HI/c1-5-7-8-9-11-18-16(17-6-2)19-12-10-15-13(3)20-21-14(15)4;/h5-12H2,1-4H3,(H2,17,18,19);1H. The predicted molar refractivity (Wildman–Crippen MR) is 103 cm³/mol. The second kappa shape index (κ2) is 12.7. The van der Waals surface area contributed by atoms with Crippen LogP contribution in [0.15, 0.2) is 9.52 Å². The number of rotatable bonds is 9. The normalized spacial score (nSPS) is 11.2. The quantitative estimate of drug-likeness (QED) is 0.276. The van der Waals surface area contributed by atoms with Crippen LogP contribution in [0.4, 0.5) is 0 Å². The van der Waals surface area contributed by atoms with Crippen LogP contribution < -0.4 is 10.6 Å². The summed E-state index contributed by atoms with van der Waals surface area (Å²) in [5.74, 6) is 1.82. The maximum absolute atomic E-state index is 5.18. The molecule has 1 heterocycles. The highest BCUT2D eigenvalue weighted by molar-refractivity contribution is 14.0. The SMILES string of the molecule is CCCCCCN=C(NCC)NCCc1c(C)noc1C.I. The number of hydrogen-bond acceptors (Lipinski definition) is 3. The van der Waals surface area contributed by atoms with Crippen molar-refractivity contribution in [3.63, 3.8) is 0 Å². The lowest BCUT2D eigenvalue weighted by molar-refractivity contribution is 0.392. The topological polar surface area (TPSA) is 62.5 Å². The molecule has 22 heavy (non-hydrogen) atoms. The number of halogens is 1. The summed E-state index contributed by atoms with van der Waals surface area (Å²) in [5, 5.41) is 10.6. The molecule has 0 aliphatic heterocycles. The fourth-order valence-corrected chi connectivity index (χ4v) is 2.24. The molecule has 1 aromatic rings. The van der Waals surface area contributed by atoms with Gasteiger partial charge in [0.2, 0.25) is 0 Å². The highest BCUT2D eigenvalue weighted by Gasteiger charge is 2.08. The molecule has 0 amide bonds. The number of aliphatic imine (C=N–C) groups is 1. The third-order valence-electron chi connectivity index (χ3n) is 3.47. The Morgan fingerprint density at radius 3 is 2.50 bits per heavy atom. The molecular weight excluding hydrogens is 391 g/mol. The smallest absolute Gasteiger partial charge is 0.191 e. The first-order valence-corrected chi connectivity index (χ1v) is 8.13. The summed E-state index contributed by atoms with van der Waals surface area (Å²) in [6, 6.07) is 0. The first kappa shape index (κ1) is 21.2. The predicted octanol–water partition coefficient (Wildman–Crippen LogP) is 3.59. The molecular formula is C16H31IN4O. The van der Waals surface area contributed by atoms with Crippen LogP contribution in [-0.2, 0) is 6.42 Å². The number of aromatic nitrogens is 1. The molecule has 0 aliphatic carbocycles. The highest BCUT2D eigenvalue weighted by atomic mass is 127. The fraction of sp³-hybridized carbons (Fsp3) is 0.750. The van der Waals surface area contributed by atoms with Gasteiger partial charge in [0, 0.05) is 25.2 Å². The molecule has 1 aromatic heterocycles. The molecule has 0 atom stereocenters. The maximum Gasteiger partial charge on any atom is 0.191 e. The summed E-state index contributed by atoms with van der Waals surface area (Å²) in [4.78, 5) is 4.60. The van der Waals surface area contributed by atoms with Crippen LogP contribution in [0, 0.1) is 13.8 Å². The first-order chi connectivity index (χ1) is 10.2. The minimum atomic E-state index is 0. The number of nitrogens with one attached hydrogen (secondary N) is 2. The van der Waals surface area contributed by atoms with E-state index in [1.165, 1.54) is 24.8 Å². The minimum Gasteiger partial charge on any atom is -0.361 e. The summed E-state index contributed by atoms with van der Waals surface area (Å²) < 4.78 is 5.18. The Kier molecular flexibility index (Phi) is 12.3. The molecule has 0 radical (unpaired) electrons. The minimum absolute atomic E-state index is 0. The first-order valence-electron chi connectivity index (χ1n) is 8.13. The van der Waals surface area contributed by atoms with E-state index >= 15 is 0 Å². The fourth-order valence-electron chi connectivity index (χ4n) is 2.24. The van der Waals surface area contributed by atoms with Crippen molar-refractivity contribution in [2.24, 2.45) is 4.99 Å². The zero-order valence-electron chi connectivity index (χ0n) is 14.4. The molecule has 2 N–H and O–H groups in total.